The number of rotatable bonds is 6. The average Bonchev–Trinajstić information content (AvgIpc) is 3.02. The molecular weight excluding hydrogens is 374 g/mol. The molecule has 0 bridgehead atoms. The third-order valence-corrected chi connectivity index (χ3v) is 4.63. The molecule has 2 aromatic carbocycles. The van der Waals surface area contributed by atoms with Crippen molar-refractivity contribution >= 4 is 55.8 Å². The van der Waals surface area contributed by atoms with Crippen LogP contribution in [0.2, 0.25) is 5.02 Å². The normalized spacial score (nSPS) is 10.5. The van der Waals surface area contributed by atoms with E-state index in [1.54, 1.807) is 43.3 Å². The fraction of sp³-hybridized carbons (Fsp3) is 0.167. The van der Waals surface area contributed by atoms with E-state index in [2.05, 4.69) is 15.6 Å². The lowest BCUT2D eigenvalue weighted by Crippen LogP contribution is -2.20. The Kier molecular flexibility index (Phi) is 5.70. The van der Waals surface area contributed by atoms with Gasteiger partial charge < -0.3 is 15.4 Å². The van der Waals surface area contributed by atoms with Gasteiger partial charge in [0, 0.05) is 17.1 Å². The first-order chi connectivity index (χ1) is 12.5. The number of amides is 2. The van der Waals surface area contributed by atoms with Gasteiger partial charge >= 0.3 is 0 Å². The molecule has 2 N–H and O–H groups in total. The summed E-state index contributed by atoms with van der Waals surface area (Å²) < 4.78 is 6.33. The highest BCUT2D eigenvalue weighted by Gasteiger charge is 2.09. The van der Waals surface area contributed by atoms with Crippen molar-refractivity contribution in [3.63, 3.8) is 0 Å². The number of hydrogen-bond donors (Lipinski definition) is 2. The van der Waals surface area contributed by atoms with Crippen molar-refractivity contribution in [3.05, 3.63) is 47.5 Å². The summed E-state index contributed by atoms with van der Waals surface area (Å²) in [6.07, 6.45) is 0.394. The molecule has 0 fully saturated rings. The first-order valence-corrected chi connectivity index (χ1v) is 9.11. The number of benzene rings is 2. The van der Waals surface area contributed by atoms with Crippen molar-refractivity contribution in [2.24, 2.45) is 0 Å². The van der Waals surface area contributed by atoms with Gasteiger partial charge in [-0.05, 0) is 42.5 Å². The van der Waals surface area contributed by atoms with Gasteiger partial charge in [-0.1, -0.05) is 29.9 Å². The van der Waals surface area contributed by atoms with Gasteiger partial charge in [-0.25, -0.2) is 4.98 Å². The predicted molar refractivity (Wildman–Crippen MR) is 104 cm³/mol. The van der Waals surface area contributed by atoms with Gasteiger partial charge in [0.2, 0.25) is 5.91 Å². The summed E-state index contributed by atoms with van der Waals surface area (Å²) in [5, 5.41) is 6.65. The SMILES string of the molecule is CCC(=O)Nc1nc2cc(NC(=O)COc3ccc(Cl)cc3)ccc2s1. The third-order valence-electron chi connectivity index (χ3n) is 3.42. The summed E-state index contributed by atoms with van der Waals surface area (Å²) in [6.45, 7) is 1.66. The molecule has 0 saturated heterocycles. The zero-order valence-corrected chi connectivity index (χ0v) is 15.5. The molecule has 134 valence electrons. The van der Waals surface area contributed by atoms with E-state index < -0.39 is 0 Å². The van der Waals surface area contributed by atoms with Crippen LogP contribution in [0.1, 0.15) is 13.3 Å². The lowest BCUT2D eigenvalue weighted by Gasteiger charge is -2.07. The minimum Gasteiger partial charge on any atom is -0.484 e. The Morgan fingerprint density at radius 1 is 1.12 bits per heavy atom. The smallest absolute Gasteiger partial charge is 0.262 e. The molecular formula is C18H16ClN3O3S. The largest absolute Gasteiger partial charge is 0.484 e. The molecule has 0 unspecified atom stereocenters. The molecule has 0 aliphatic heterocycles. The quantitative estimate of drug-likeness (QED) is 0.658. The predicted octanol–water partition coefficient (Wildman–Crippen LogP) is 4.32. The number of fused-ring (bicyclic) bond motifs is 1. The number of thiazole rings is 1. The van der Waals surface area contributed by atoms with Crippen LogP contribution in [-0.2, 0) is 9.59 Å². The first-order valence-electron chi connectivity index (χ1n) is 7.92. The maximum absolute atomic E-state index is 12.0. The number of carbonyl (C=O) groups excluding carboxylic acids is 2. The van der Waals surface area contributed by atoms with Gasteiger partial charge in [0.15, 0.2) is 11.7 Å². The molecule has 1 heterocycles. The second kappa shape index (κ2) is 8.16. The van der Waals surface area contributed by atoms with E-state index in [1.807, 2.05) is 6.07 Å². The topological polar surface area (TPSA) is 80.3 Å². The second-order valence-corrected chi connectivity index (χ2v) is 6.86. The number of ether oxygens (including phenoxy) is 1. The Morgan fingerprint density at radius 3 is 2.62 bits per heavy atom. The number of hydrogen-bond acceptors (Lipinski definition) is 5. The lowest BCUT2D eigenvalue weighted by atomic mass is 10.3. The molecule has 0 aliphatic rings. The van der Waals surface area contributed by atoms with Crippen LogP contribution in [-0.4, -0.2) is 23.4 Å². The van der Waals surface area contributed by atoms with Gasteiger partial charge in [-0.15, -0.1) is 0 Å². The summed E-state index contributed by atoms with van der Waals surface area (Å²) in [5.41, 5.74) is 1.32. The van der Waals surface area contributed by atoms with Crippen LogP contribution in [0.5, 0.6) is 5.75 Å². The fourth-order valence-electron chi connectivity index (χ4n) is 2.14. The Labute approximate surface area is 159 Å². The Morgan fingerprint density at radius 2 is 1.88 bits per heavy atom. The van der Waals surface area contributed by atoms with Crippen molar-refractivity contribution < 1.29 is 14.3 Å². The number of nitrogens with zero attached hydrogens (tertiary/aromatic N) is 1. The van der Waals surface area contributed by atoms with Crippen molar-refractivity contribution in [3.8, 4) is 5.75 Å². The summed E-state index contributed by atoms with van der Waals surface area (Å²) in [5.74, 6) is 0.196. The van der Waals surface area contributed by atoms with E-state index in [4.69, 9.17) is 16.3 Å². The molecule has 0 saturated carbocycles. The van der Waals surface area contributed by atoms with E-state index in [-0.39, 0.29) is 18.4 Å². The Hall–Kier alpha value is -2.64. The first kappa shape index (κ1) is 18.2. The maximum Gasteiger partial charge on any atom is 0.262 e. The minimum absolute atomic E-state index is 0.0862. The molecule has 0 radical (unpaired) electrons. The highest BCUT2D eigenvalue weighted by atomic mass is 35.5. The molecule has 3 rings (SSSR count). The number of carbonyl (C=O) groups is 2. The molecule has 26 heavy (non-hydrogen) atoms. The van der Waals surface area contributed by atoms with Gasteiger partial charge in [0.1, 0.15) is 5.75 Å². The Balaban J connectivity index is 1.61. The highest BCUT2D eigenvalue weighted by molar-refractivity contribution is 7.22. The zero-order chi connectivity index (χ0) is 18.5. The molecule has 0 aliphatic carbocycles. The summed E-state index contributed by atoms with van der Waals surface area (Å²) in [4.78, 5) is 27.9. The third kappa shape index (κ3) is 4.71. The molecule has 8 heteroatoms. The van der Waals surface area contributed by atoms with Crippen LogP contribution < -0.4 is 15.4 Å². The van der Waals surface area contributed by atoms with Crippen LogP contribution in [0, 0.1) is 0 Å². The summed E-state index contributed by atoms with van der Waals surface area (Å²) >= 11 is 7.19. The summed E-state index contributed by atoms with van der Waals surface area (Å²) in [7, 11) is 0. The zero-order valence-electron chi connectivity index (χ0n) is 13.9. The molecule has 2 amide bonds. The average molecular weight is 390 g/mol. The minimum atomic E-state index is -0.283. The molecule has 1 aromatic heterocycles. The number of anilines is 2. The van der Waals surface area contributed by atoms with Gasteiger partial charge in [-0.2, -0.15) is 0 Å². The number of aromatic nitrogens is 1. The van der Waals surface area contributed by atoms with E-state index in [0.29, 0.717) is 33.5 Å². The van der Waals surface area contributed by atoms with Crippen molar-refractivity contribution in [1.29, 1.82) is 0 Å². The van der Waals surface area contributed by atoms with Gasteiger partial charge in [0.25, 0.3) is 5.91 Å². The standard InChI is InChI=1S/C18H16ClN3O3S/c1-2-16(23)22-18-21-14-9-12(5-8-15(14)26-18)20-17(24)10-25-13-6-3-11(19)4-7-13/h3-9H,2,10H2,1H3,(H,20,24)(H,21,22,23). The van der Waals surface area contributed by atoms with Crippen LogP contribution >= 0.6 is 22.9 Å². The molecule has 6 nitrogen and oxygen atoms in total. The van der Waals surface area contributed by atoms with Crippen LogP contribution in [0.3, 0.4) is 0 Å². The Bertz CT molecular complexity index is 941. The van der Waals surface area contributed by atoms with Crippen molar-refractivity contribution in [1.82, 2.24) is 4.98 Å². The van der Waals surface area contributed by atoms with Crippen LogP contribution in [0.25, 0.3) is 10.2 Å². The monoisotopic (exact) mass is 389 g/mol. The van der Waals surface area contributed by atoms with E-state index in [1.165, 1.54) is 11.3 Å². The van der Waals surface area contributed by atoms with Crippen LogP contribution in [0.15, 0.2) is 42.5 Å². The molecule has 0 atom stereocenters. The molecule has 0 spiro atoms. The number of nitrogens with one attached hydrogen (secondary N) is 2. The maximum atomic E-state index is 12.0. The lowest BCUT2D eigenvalue weighted by molar-refractivity contribution is -0.118. The number of halogens is 1. The molecule has 3 aromatic rings. The summed E-state index contributed by atoms with van der Waals surface area (Å²) in [6, 6.07) is 12.2. The van der Waals surface area contributed by atoms with Gasteiger partial charge in [-0.3, -0.25) is 9.59 Å². The van der Waals surface area contributed by atoms with Gasteiger partial charge in [0.05, 0.1) is 10.2 Å². The van der Waals surface area contributed by atoms with E-state index in [0.717, 1.165) is 4.70 Å². The van der Waals surface area contributed by atoms with Crippen LogP contribution in [0.4, 0.5) is 10.8 Å². The second-order valence-electron chi connectivity index (χ2n) is 5.39. The fourth-order valence-corrected chi connectivity index (χ4v) is 3.13. The highest BCUT2D eigenvalue weighted by Crippen LogP contribution is 2.28. The van der Waals surface area contributed by atoms with Crippen molar-refractivity contribution in [2.75, 3.05) is 17.2 Å². The van der Waals surface area contributed by atoms with E-state index >= 15 is 0 Å². The van der Waals surface area contributed by atoms with E-state index in [9.17, 15) is 9.59 Å². The van der Waals surface area contributed by atoms with Crippen molar-refractivity contribution in [2.45, 2.75) is 13.3 Å².